The van der Waals surface area contributed by atoms with Crippen molar-refractivity contribution in [3.63, 3.8) is 0 Å². The van der Waals surface area contributed by atoms with Crippen LogP contribution >= 0.6 is 0 Å². The number of likely N-dealkylation sites (N-methyl/N-ethyl adjacent to an activating group) is 1. The minimum atomic E-state index is -4.16. The molecule has 1 saturated heterocycles. The summed E-state index contributed by atoms with van der Waals surface area (Å²) in [6, 6.07) is 1.41. The maximum absolute atomic E-state index is 14.9. The fraction of sp³-hybridized carbons (Fsp3) is 0.500. The summed E-state index contributed by atoms with van der Waals surface area (Å²) in [6.45, 7) is 3.74. The number of phenols is 1. The third-order valence-corrected chi connectivity index (χ3v) is 5.68. The molecule has 1 aromatic rings. The zero-order valence-electron chi connectivity index (χ0n) is 12.7. The van der Waals surface area contributed by atoms with Gasteiger partial charge in [0.15, 0.2) is 5.82 Å². The zero-order chi connectivity index (χ0) is 16.8. The first-order valence-corrected chi connectivity index (χ1v) is 8.86. The van der Waals surface area contributed by atoms with Gasteiger partial charge < -0.3 is 10.0 Å². The second-order valence-corrected chi connectivity index (χ2v) is 7.26. The van der Waals surface area contributed by atoms with Crippen molar-refractivity contribution in [2.24, 2.45) is 0 Å². The number of nitrogens with zero attached hydrogens (tertiary/aromatic N) is 2. The summed E-state index contributed by atoms with van der Waals surface area (Å²) in [5.41, 5.74) is 0.630. The first-order chi connectivity index (χ1) is 10.8. The van der Waals surface area contributed by atoms with Gasteiger partial charge in [-0.05, 0) is 36.6 Å². The number of benzene rings is 1. The normalized spacial score (nSPS) is 21.0. The molecule has 0 radical (unpaired) electrons. The molecule has 7 nitrogen and oxygen atoms in total. The van der Waals surface area contributed by atoms with Gasteiger partial charge in [0.2, 0.25) is 0 Å². The summed E-state index contributed by atoms with van der Waals surface area (Å²) in [5.74, 6) is -1.99. The summed E-state index contributed by atoms with van der Waals surface area (Å²) in [6.07, 6.45) is 1.01. The molecule has 0 unspecified atom stereocenters. The largest absolute Gasteiger partial charge is 0.506 e. The van der Waals surface area contributed by atoms with Crippen LogP contribution < -0.4 is 9.03 Å². The summed E-state index contributed by atoms with van der Waals surface area (Å²) < 4.78 is 41.1. The number of phenolic OH excluding ortho intramolecular Hbond substituents is 1. The lowest BCUT2D eigenvalue weighted by Gasteiger charge is -2.20. The number of carbonyl (C=O) groups is 1. The number of hydrogen-bond acceptors (Lipinski definition) is 5. The lowest BCUT2D eigenvalue weighted by atomic mass is 10.0. The van der Waals surface area contributed by atoms with Crippen LogP contribution in [-0.4, -0.2) is 50.5 Å². The van der Waals surface area contributed by atoms with Crippen molar-refractivity contribution in [3.8, 4) is 5.75 Å². The van der Waals surface area contributed by atoms with Gasteiger partial charge in [0.25, 0.3) is 5.91 Å². The van der Waals surface area contributed by atoms with Crippen LogP contribution in [0, 0.1) is 5.82 Å². The first kappa shape index (κ1) is 16.0. The second kappa shape index (κ2) is 5.64. The average molecular weight is 343 g/mol. The van der Waals surface area contributed by atoms with Crippen LogP contribution in [0.4, 0.5) is 10.1 Å². The number of amides is 1. The van der Waals surface area contributed by atoms with Crippen molar-refractivity contribution in [1.29, 1.82) is 0 Å². The van der Waals surface area contributed by atoms with Crippen LogP contribution in [0.25, 0.3) is 0 Å². The number of halogens is 1. The van der Waals surface area contributed by atoms with Crippen LogP contribution in [0.2, 0.25) is 0 Å². The van der Waals surface area contributed by atoms with E-state index in [0.29, 0.717) is 34.8 Å². The van der Waals surface area contributed by atoms with Crippen LogP contribution in [0.15, 0.2) is 6.07 Å². The van der Waals surface area contributed by atoms with Crippen molar-refractivity contribution in [3.05, 3.63) is 23.0 Å². The number of aromatic hydroxyl groups is 1. The molecule has 1 amide bonds. The predicted octanol–water partition coefficient (Wildman–Crippen LogP) is 0.133. The number of rotatable bonds is 2. The van der Waals surface area contributed by atoms with Gasteiger partial charge in [-0.25, -0.2) is 13.4 Å². The molecule has 9 heteroatoms. The number of hydrogen-bond donors (Lipinski definition) is 2. The molecule has 126 valence electrons. The molecule has 1 aromatic carbocycles. The lowest BCUT2D eigenvalue weighted by molar-refractivity contribution is -0.117. The fourth-order valence-corrected chi connectivity index (χ4v) is 4.23. The van der Waals surface area contributed by atoms with Crippen LogP contribution in [0.1, 0.15) is 18.1 Å². The Kier molecular flexibility index (Phi) is 3.93. The number of fused-ring (bicyclic) bond motifs is 1. The smallest absolute Gasteiger partial charge is 0.326 e. The Bertz CT molecular complexity index is 766. The maximum atomic E-state index is 14.9. The molecule has 2 aliphatic heterocycles. The molecule has 0 aliphatic carbocycles. The van der Waals surface area contributed by atoms with Gasteiger partial charge in [-0.15, -0.1) is 0 Å². The van der Waals surface area contributed by atoms with Crippen LogP contribution in [0.3, 0.4) is 0 Å². The Morgan fingerprint density at radius 1 is 1.35 bits per heavy atom. The highest BCUT2D eigenvalue weighted by molar-refractivity contribution is 7.92. The van der Waals surface area contributed by atoms with Gasteiger partial charge in [0.1, 0.15) is 18.0 Å². The van der Waals surface area contributed by atoms with Gasteiger partial charge in [0, 0.05) is 13.1 Å². The number of carbonyl (C=O) groups excluding carboxylic acids is 1. The molecule has 0 atom stereocenters. The predicted molar refractivity (Wildman–Crippen MR) is 82.0 cm³/mol. The molecule has 0 spiro atoms. The highest BCUT2D eigenvalue weighted by Gasteiger charge is 2.38. The number of anilines is 1. The summed E-state index contributed by atoms with van der Waals surface area (Å²) in [7, 11) is -4.16. The van der Waals surface area contributed by atoms with E-state index in [1.54, 1.807) is 4.72 Å². The number of nitrogens with one attached hydrogen (secondary N) is 1. The molecule has 2 heterocycles. The first-order valence-electron chi connectivity index (χ1n) is 7.42. The van der Waals surface area contributed by atoms with Gasteiger partial charge in [-0.2, -0.15) is 8.42 Å². The zero-order valence-corrected chi connectivity index (χ0v) is 13.5. The second-order valence-electron chi connectivity index (χ2n) is 5.67. The Hall–Kier alpha value is -1.87. The van der Waals surface area contributed by atoms with Crippen molar-refractivity contribution in [2.75, 3.05) is 30.5 Å². The third-order valence-electron chi connectivity index (χ3n) is 4.31. The molecule has 0 aromatic heterocycles. The van der Waals surface area contributed by atoms with E-state index >= 15 is 0 Å². The van der Waals surface area contributed by atoms with Crippen molar-refractivity contribution < 1.29 is 22.7 Å². The minimum Gasteiger partial charge on any atom is -0.506 e. The van der Waals surface area contributed by atoms with Crippen LogP contribution in [-0.2, 0) is 27.8 Å². The highest BCUT2D eigenvalue weighted by atomic mass is 32.2. The molecule has 3 rings (SSSR count). The molecule has 0 bridgehead atoms. The summed E-state index contributed by atoms with van der Waals surface area (Å²) in [5, 5.41) is 10.1. The van der Waals surface area contributed by atoms with E-state index in [4.69, 9.17) is 0 Å². The Morgan fingerprint density at radius 3 is 2.65 bits per heavy atom. The molecule has 0 saturated carbocycles. The molecular formula is C14H18FN3O4S. The standard InChI is InChI=1S/C14H18FN3O4S/c1-2-17-5-3-9-7-11(19)14(13(15)10(9)4-6-17)18-8-12(20)16-23(18,21)22/h7,19H,2-6,8H2,1H3,(H,16,20). The topological polar surface area (TPSA) is 89.9 Å². The average Bonchev–Trinajstić information content (AvgIpc) is 2.63. The molecule has 2 N–H and O–H groups in total. The van der Waals surface area contributed by atoms with Crippen LogP contribution in [0.5, 0.6) is 5.75 Å². The Labute approximate surface area is 133 Å². The van der Waals surface area contributed by atoms with Crippen molar-refractivity contribution in [2.45, 2.75) is 19.8 Å². The molecule has 2 aliphatic rings. The third kappa shape index (κ3) is 2.74. The quantitative estimate of drug-likeness (QED) is 0.797. The van der Waals surface area contributed by atoms with E-state index in [2.05, 4.69) is 4.90 Å². The molecule has 1 fully saturated rings. The lowest BCUT2D eigenvalue weighted by Crippen LogP contribution is -2.30. The van der Waals surface area contributed by atoms with E-state index in [9.17, 15) is 22.7 Å². The summed E-state index contributed by atoms with van der Waals surface area (Å²) in [4.78, 5) is 13.5. The minimum absolute atomic E-state index is 0.406. The maximum Gasteiger partial charge on any atom is 0.326 e. The Balaban J connectivity index is 2.08. The van der Waals surface area contributed by atoms with Gasteiger partial charge in [0.05, 0.1) is 0 Å². The molecule has 23 heavy (non-hydrogen) atoms. The van der Waals surface area contributed by atoms with E-state index in [-0.39, 0.29) is 0 Å². The van der Waals surface area contributed by atoms with E-state index in [1.165, 1.54) is 6.07 Å². The summed E-state index contributed by atoms with van der Waals surface area (Å²) >= 11 is 0. The van der Waals surface area contributed by atoms with E-state index in [1.807, 2.05) is 6.92 Å². The highest BCUT2D eigenvalue weighted by Crippen LogP contribution is 2.38. The van der Waals surface area contributed by atoms with Crippen molar-refractivity contribution >= 4 is 21.8 Å². The van der Waals surface area contributed by atoms with E-state index in [0.717, 1.165) is 13.1 Å². The Morgan fingerprint density at radius 2 is 2.04 bits per heavy atom. The van der Waals surface area contributed by atoms with Gasteiger partial charge >= 0.3 is 10.2 Å². The van der Waals surface area contributed by atoms with Gasteiger partial charge in [-0.3, -0.25) is 4.79 Å². The SMILES string of the molecule is CCN1CCc2cc(O)c(N3CC(=O)NS3(=O)=O)c(F)c2CC1. The van der Waals surface area contributed by atoms with Crippen molar-refractivity contribution in [1.82, 2.24) is 9.62 Å². The molecular weight excluding hydrogens is 325 g/mol. The fourth-order valence-electron chi connectivity index (χ4n) is 3.07. The van der Waals surface area contributed by atoms with Gasteiger partial charge in [-0.1, -0.05) is 6.92 Å². The van der Waals surface area contributed by atoms with E-state index < -0.39 is 39.9 Å². The monoisotopic (exact) mass is 343 g/mol.